The highest BCUT2D eigenvalue weighted by Crippen LogP contribution is 2.23. The van der Waals surface area contributed by atoms with Crippen molar-refractivity contribution in [2.45, 2.75) is 0 Å². The Morgan fingerprint density at radius 1 is 0.962 bits per heavy atom. The molecule has 0 N–H and O–H groups in total. The summed E-state index contributed by atoms with van der Waals surface area (Å²) in [4.78, 5) is 41.6. The van der Waals surface area contributed by atoms with Crippen LogP contribution in [0.4, 0.5) is 4.39 Å². The molecule has 1 aromatic heterocycles. The number of aromatic nitrogens is 2. The standard InChI is InChI=1S/C18H10FN3O4/c19-11-4-3-5-12(10-11)21-9-8-15(20-21)18(25)26-22-16(23)13-6-1-2-7-14(13)17(22)24/h1-10H. The second-order valence-corrected chi connectivity index (χ2v) is 5.45. The summed E-state index contributed by atoms with van der Waals surface area (Å²) >= 11 is 0. The van der Waals surface area contributed by atoms with Gasteiger partial charge in [-0.3, -0.25) is 9.59 Å². The lowest BCUT2D eigenvalue weighted by atomic mass is 10.1. The van der Waals surface area contributed by atoms with E-state index in [9.17, 15) is 18.8 Å². The fourth-order valence-electron chi connectivity index (χ4n) is 2.57. The third-order valence-corrected chi connectivity index (χ3v) is 3.80. The Morgan fingerprint density at radius 3 is 2.31 bits per heavy atom. The SMILES string of the molecule is O=C(ON1C(=O)c2ccccc2C1=O)c1ccn(-c2cccc(F)c2)n1. The number of benzene rings is 2. The van der Waals surface area contributed by atoms with Gasteiger partial charge in [-0.15, -0.1) is 0 Å². The van der Waals surface area contributed by atoms with E-state index in [1.807, 2.05) is 0 Å². The van der Waals surface area contributed by atoms with Crippen molar-refractivity contribution in [3.8, 4) is 5.69 Å². The Bertz CT molecular complexity index is 1020. The van der Waals surface area contributed by atoms with Crippen molar-refractivity contribution in [3.05, 3.63) is 83.4 Å². The Balaban J connectivity index is 1.55. The van der Waals surface area contributed by atoms with Gasteiger partial charge in [-0.25, -0.2) is 13.9 Å². The molecule has 0 saturated carbocycles. The molecule has 0 spiro atoms. The number of fused-ring (bicyclic) bond motifs is 1. The van der Waals surface area contributed by atoms with Gasteiger partial charge in [0.1, 0.15) is 5.82 Å². The summed E-state index contributed by atoms with van der Waals surface area (Å²) in [6, 6.07) is 13.1. The van der Waals surface area contributed by atoms with Crippen molar-refractivity contribution in [3.63, 3.8) is 0 Å². The minimum absolute atomic E-state index is 0.134. The first-order valence-electron chi connectivity index (χ1n) is 7.56. The first-order valence-corrected chi connectivity index (χ1v) is 7.56. The molecule has 3 aromatic rings. The molecule has 0 saturated heterocycles. The summed E-state index contributed by atoms with van der Waals surface area (Å²) in [5.41, 5.74) is 0.599. The lowest BCUT2D eigenvalue weighted by molar-refractivity contribution is -0.0588. The Labute approximate surface area is 146 Å². The lowest BCUT2D eigenvalue weighted by Gasteiger charge is -2.11. The molecule has 4 rings (SSSR count). The lowest BCUT2D eigenvalue weighted by Crippen LogP contribution is -2.32. The van der Waals surface area contributed by atoms with E-state index in [0.29, 0.717) is 10.8 Å². The third-order valence-electron chi connectivity index (χ3n) is 3.80. The maximum atomic E-state index is 13.3. The summed E-state index contributed by atoms with van der Waals surface area (Å²) < 4.78 is 14.6. The maximum Gasteiger partial charge on any atom is 0.384 e. The molecule has 2 amide bonds. The molecule has 128 valence electrons. The molecule has 7 nitrogen and oxygen atoms in total. The van der Waals surface area contributed by atoms with Crippen LogP contribution in [0.2, 0.25) is 0 Å². The van der Waals surface area contributed by atoms with Crippen LogP contribution in [0.1, 0.15) is 31.2 Å². The van der Waals surface area contributed by atoms with E-state index >= 15 is 0 Å². The van der Waals surface area contributed by atoms with Gasteiger partial charge in [-0.1, -0.05) is 23.3 Å². The largest absolute Gasteiger partial charge is 0.384 e. The maximum absolute atomic E-state index is 13.3. The number of hydrogen-bond acceptors (Lipinski definition) is 5. The van der Waals surface area contributed by atoms with Gasteiger partial charge in [0.05, 0.1) is 16.8 Å². The van der Waals surface area contributed by atoms with Crippen molar-refractivity contribution < 1.29 is 23.6 Å². The highest BCUT2D eigenvalue weighted by molar-refractivity contribution is 6.21. The van der Waals surface area contributed by atoms with Gasteiger partial charge < -0.3 is 4.84 Å². The number of nitrogens with zero attached hydrogens (tertiary/aromatic N) is 3. The van der Waals surface area contributed by atoms with E-state index < -0.39 is 23.6 Å². The zero-order valence-electron chi connectivity index (χ0n) is 13.1. The van der Waals surface area contributed by atoms with E-state index in [1.54, 1.807) is 18.2 Å². The van der Waals surface area contributed by atoms with E-state index in [2.05, 4.69) is 5.10 Å². The summed E-state index contributed by atoms with van der Waals surface area (Å²) in [5.74, 6) is -2.87. The zero-order chi connectivity index (χ0) is 18.3. The highest BCUT2D eigenvalue weighted by atomic mass is 19.1. The molecule has 26 heavy (non-hydrogen) atoms. The van der Waals surface area contributed by atoms with Crippen molar-refractivity contribution in [2.75, 3.05) is 0 Å². The van der Waals surface area contributed by atoms with Gasteiger partial charge in [-0.2, -0.15) is 5.10 Å². The van der Waals surface area contributed by atoms with Gasteiger partial charge >= 0.3 is 5.97 Å². The number of hydroxylamine groups is 2. The van der Waals surface area contributed by atoms with Gasteiger partial charge in [-0.05, 0) is 36.4 Å². The van der Waals surface area contributed by atoms with Gasteiger partial charge in [0.25, 0.3) is 11.8 Å². The number of carbonyl (C=O) groups is 3. The molecule has 1 aliphatic heterocycles. The highest BCUT2D eigenvalue weighted by Gasteiger charge is 2.39. The molecule has 0 aliphatic carbocycles. The Morgan fingerprint density at radius 2 is 1.65 bits per heavy atom. The summed E-state index contributed by atoms with van der Waals surface area (Å²) in [7, 11) is 0. The second kappa shape index (κ2) is 5.92. The molecule has 2 aromatic carbocycles. The molecule has 0 bridgehead atoms. The number of hydrogen-bond donors (Lipinski definition) is 0. The predicted molar refractivity (Wildman–Crippen MR) is 85.9 cm³/mol. The normalized spacial score (nSPS) is 13.0. The van der Waals surface area contributed by atoms with E-state index in [4.69, 9.17) is 4.84 Å². The Kier molecular flexibility index (Phi) is 3.58. The topological polar surface area (TPSA) is 81.5 Å². The average molecular weight is 351 g/mol. The molecule has 2 heterocycles. The van der Waals surface area contributed by atoms with Crippen LogP contribution in [0.3, 0.4) is 0 Å². The summed E-state index contributed by atoms with van der Waals surface area (Å²) in [6.07, 6.45) is 1.44. The molecular formula is C18H10FN3O4. The molecule has 0 fully saturated rings. The predicted octanol–water partition coefficient (Wildman–Crippen LogP) is 2.38. The Hall–Kier alpha value is -3.81. The van der Waals surface area contributed by atoms with Crippen LogP contribution in [0, 0.1) is 5.82 Å². The second-order valence-electron chi connectivity index (χ2n) is 5.45. The van der Waals surface area contributed by atoms with Crippen LogP contribution in [-0.4, -0.2) is 32.6 Å². The van der Waals surface area contributed by atoms with Crippen molar-refractivity contribution >= 4 is 17.8 Å². The number of carbonyl (C=O) groups excluding carboxylic acids is 3. The van der Waals surface area contributed by atoms with Crippen LogP contribution in [0.15, 0.2) is 60.8 Å². The number of rotatable bonds is 3. The quantitative estimate of drug-likeness (QED) is 0.677. The minimum Gasteiger partial charge on any atom is -0.322 e. The van der Waals surface area contributed by atoms with Crippen molar-refractivity contribution in [1.29, 1.82) is 0 Å². The summed E-state index contributed by atoms with van der Waals surface area (Å²) in [5, 5.41) is 4.40. The van der Waals surface area contributed by atoms with Crippen LogP contribution < -0.4 is 0 Å². The number of amides is 2. The molecule has 0 unspecified atom stereocenters. The van der Waals surface area contributed by atoms with Gasteiger partial charge in [0.15, 0.2) is 5.69 Å². The van der Waals surface area contributed by atoms with Gasteiger partial charge in [0.2, 0.25) is 0 Å². The molecule has 0 atom stereocenters. The van der Waals surface area contributed by atoms with Crippen LogP contribution in [0.25, 0.3) is 5.69 Å². The van der Waals surface area contributed by atoms with E-state index in [0.717, 1.165) is 0 Å². The van der Waals surface area contributed by atoms with E-state index in [-0.39, 0.29) is 16.8 Å². The van der Waals surface area contributed by atoms with E-state index in [1.165, 1.54) is 47.3 Å². The van der Waals surface area contributed by atoms with Crippen LogP contribution in [0.5, 0.6) is 0 Å². The van der Waals surface area contributed by atoms with Crippen LogP contribution in [-0.2, 0) is 4.84 Å². The average Bonchev–Trinajstić information content (AvgIpc) is 3.22. The smallest absolute Gasteiger partial charge is 0.322 e. The number of halogens is 1. The zero-order valence-corrected chi connectivity index (χ0v) is 13.1. The van der Waals surface area contributed by atoms with Crippen molar-refractivity contribution in [1.82, 2.24) is 14.8 Å². The molecule has 0 radical (unpaired) electrons. The first kappa shape index (κ1) is 15.7. The first-order chi connectivity index (χ1) is 12.5. The fraction of sp³-hybridized carbons (Fsp3) is 0. The molecule has 8 heteroatoms. The summed E-state index contributed by atoms with van der Waals surface area (Å²) in [6.45, 7) is 0. The monoisotopic (exact) mass is 351 g/mol. The fourth-order valence-corrected chi connectivity index (χ4v) is 2.57. The van der Waals surface area contributed by atoms with Gasteiger partial charge in [0, 0.05) is 6.20 Å². The molecular weight excluding hydrogens is 341 g/mol. The third kappa shape index (κ3) is 2.53. The minimum atomic E-state index is -0.977. The van der Waals surface area contributed by atoms with Crippen molar-refractivity contribution in [2.24, 2.45) is 0 Å². The molecule has 1 aliphatic rings. The number of imide groups is 1. The van der Waals surface area contributed by atoms with Crippen LogP contribution >= 0.6 is 0 Å².